The Morgan fingerprint density at radius 3 is 2.96 bits per heavy atom. The second-order valence-electron chi connectivity index (χ2n) is 7.21. The number of hydrogen-bond donors (Lipinski definition) is 1. The first-order chi connectivity index (χ1) is 13.0. The highest BCUT2D eigenvalue weighted by atomic mass is 16.5. The van der Waals surface area contributed by atoms with Crippen LogP contribution in [0, 0.1) is 12.8 Å². The van der Waals surface area contributed by atoms with Crippen molar-refractivity contribution in [2.45, 2.75) is 33.1 Å². The van der Waals surface area contributed by atoms with Gasteiger partial charge in [-0.25, -0.2) is 9.97 Å². The molecule has 1 aromatic heterocycles. The molecule has 0 spiro atoms. The van der Waals surface area contributed by atoms with Crippen LogP contribution in [0.3, 0.4) is 0 Å². The van der Waals surface area contributed by atoms with E-state index >= 15 is 0 Å². The zero-order valence-electron chi connectivity index (χ0n) is 16.4. The number of carbonyl (C=O) groups excluding carboxylic acids is 1. The van der Waals surface area contributed by atoms with E-state index in [0.29, 0.717) is 24.0 Å². The van der Waals surface area contributed by atoms with Crippen molar-refractivity contribution in [3.8, 4) is 5.75 Å². The molecule has 1 N–H and O–H groups in total. The van der Waals surface area contributed by atoms with Crippen LogP contribution in [-0.4, -0.2) is 42.6 Å². The number of hydrogen-bond acceptors (Lipinski definition) is 5. The Morgan fingerprint density at radius 2 is 2.19 bits per heavy atom. The van der Waals surface area contributed by atoms with Crippen LogP contribution < -0.4 is 15.0 Å². The number of piperidine rings is 1. The van der Waals surface area contributed by atoms with Crippen LogP contribution in [-0.2, 0) is 6.42 Å². The van der Waals surface area contributed by atoms with E-state index in [9.17, 15) is 4.79 Å². The van der Waals surface area contributed by atoms with E-state index in [2.05, 4.69) is 27.1 Å². The minimum atomic E-state index is -0.158. The topological polar surface area (TPSA) is 67.3 Å². The van der Waals surface area contributed by atoms with Crippen molar-refractivity contribution in [1.82, 2.24) is 15.3 Å². The maximum Gasteiger partial charge on any atom is 0.270 e. The van der Waals surface area contributed by atoms with E-state index in [4.69, 9.17) is 4.74 Å². The molecule has 1 aliphatic rings. The predicted molar refractivity (Wildman–Crippen MR) is 106 cm³/mol. The van der Waals surface area contributed by atoms with Gasteiger partial charge >= 0.3 is 0 Å². The maximum absolute atomic E-state index is 12.6. The fourth-order valence-electron chi connectivity index (χ4n) is 3.47. The normalized spacial score (nSPS) is 16.9. The number of ether oxygens (including phenoxy) is 1. The van der Waals surface area contributed by atoms with Crippen molar-refractivity contribution in [1.29, 1.82) is 0 Å². The van der Waals surface area contributed by atoms with E-state index in [-0.39, 0.29) is 5.91 Å². The van der Waals surface area contributed by atoms with E-state index in [1.165, 1.54) is 6.42 Å². The number of nitrogens with one attached hydrogen (secondary N) is 1. The number of aromatic nitrogens is 2. The van der Waals surface area contributed by atoms with Crippen LogP contribution in [0.4, 0.5) is 5.82 Å². The number of rotatable bonds is 6. The number of aryl methyl sites for hydroxylation is 1. The van der Waals surface area contributed by atoms with Crippen molar-refractivity contribution >= 4 is 11.7 Å². The average Bonchev–Trinajstić information content (AvgIpc) is 2.67. The molecule has 1 amide bonds. The fraction of sp³-hybridized carbons (Fsp3) is 0.476. The van der Waals surface area contributed by atoms with Crippen molar-refractivity contribution in [3.05, 3.63) is 47.4 Å². The molecule has 6 nitrogen and oxygen atoms in total. The number of amides is 1. The molecule has 0 aliphatic carbocycles. The molecule has 1 unspecified atom stereocenters. The van der Waals surface area contributed by atoms with E-state index in [1.54, 1.807) is 7.11 Å². The fourth-order valence-corrected chi connectivity index (χ4v) is 3.47. The summed E-state index contributed by atoms with van der Waals surface area (Å²) >= 11 is 0. The highest BCUT2D eigenvalue weighted by Crippen LogP contribution is 2.22. The minimum Gasteiger partial charge on any atom is -0.497 e. The highest BCUT2D eigenvalue weighted by molar-refractivity contribution is 5.93. The standard InChI is InChI=1S/C21H28N4O2/c1-15-6-5-11-25(14-15)20-13-19(23-16(2)24-20)21(26)22-10-9-17-7-4-8-18(12-17)27-3/h4,7-8,12-13,15H,5-6,9-11,14H2,1-3H3,(H,22,26). The van der Waals surface area contributed by atoms with Crippen molar-refractivity contribution < 1.29 is 9.53 Å². The average molecular weight is 368 g/mol. The van der Waals surface area contributed by atoms with Gasteiger partial charge in [0.2, 0.25) is 0 Å². The first-order valence-electron chi connectivity index (χ1n) is 9.57. The number of benzene rings is 1. The summed E-state index contributed by atoms with van der Waals surface area (Å²) < 4.78 is 5.23. The third kappa shape index (κ3) is 5.18. The molecule has 0 bridgehead atoms. The minimum absolute atomic E-state index is 0.158. The Kier molecular flexibility index (Phi) is 6.27. The second-order valence-corrected chi connectivity index (χ2v) is 7.21. The molecule has 2 heterocycles. The molecule has 1 atom stereocenters. The number of anilines is 1. The van der Waals surface area contributed by atoms with E-state index < -0.39 is 0 Å². The molecular formula is C21H28N4O2. The Bertz CT molecular complexity index is 794. The molecule has 1 saturated heterocycles. The van der Waals surface area contributed by atoms with Gasteiger partial charge in [0.05, 0.1) is 7.11 Å². The molecule has 1 fully saturated rings. The van der Waals surface area contributed by atoms with Crippen LogP contribution >= 0.6 is 0 Å². The van der Waals surface area contributed by atoms with Crippen LogP contribution in [0.2, 0.25) is 0 Å². The van der Waals surface area contributed by atoms with Gasteiger partial charge in [0.1, 0.15) is 23.1 Å². The van der Waals surface area contributed by atoms with Gasteiger partial charge in [0, 0.05) is 25.7 Å². The summed E-state index contributed by atoms with van der Waals surface area (Å²) in [5, 5.41) is 2.96. The summed E-state index contributed by atoms with van der Waals surface area (Å²) in [7, 11) is 1.65. The van der Waals surface area contributed by atoms with Crippen LogP contribution in [0.15, 0.2) is 30.3 Å². The molecule has 27 heavy (non-hydrogen) atoms. The lowest BCUT2D eigenvalue weighted by Crippen LogP contribution is -2.35. The SMILES string of the molecule is COc1cccc(CCNC(=O)c2cc(N3CCCC(C)C3)nc(C)n2)c1. The van der Waals surface area contributed by atoms with Gasteiger partial charge in [-0.1, -0.05) is 19.1 Å². The largest absolute Gasteiger partial charge is 0.497 e. The first kappa shape index (κ1) is 19.1. The van der Waals surface area contributed by atoms with E-state index in [1.807, 2.05) is 37.3 Å². The molecule has 144 valence electrons. The second kappa shape index (κ2) is 8.84. The van der Waals surface area contributed by atoms with Gasteiger partial charge < -0.3 is 15.0 Å². The summed E-state index contributed by atoms with van der Waals surface area (Å²) in [5.41, 5.74) is 1.55. The lowest BCUT2D eigenvalue weighted by atomic mass is 10.0. The Labute approximate surface area is 161 Å². The number of carbonyl (C=O) groups is 1. The molecule has 1 aromatic carbocycles. The molecule has 3 rings (SSSR count). The van der Waals surface area contributed by atoms with Gasteiger partial charge in [0.15, 0.2) is 0 Å². The summed E-state index contributed by atoms with van der Waals surface area (Å²) in [6.07, 6.45) is 3.15. The number of nitrogens with zero attached hydrogens (tertiary/aromatic N) is 3. The third-order valence-electron chi connectivity index (χ3n) is 4.87. The molecular weight excluding hydrogens is 340 g/mol. The predicted octanol–water partition coefficient (Wildman–Crippen LogP) is 3.00. The van der Waals surface area contributed by atoms with Gasteiger partial charge in [-0.2, -0.15) is 0 Å². The molecule has 1 aliphatic heterocycles. The third-order valence-corrected chi connectivity index (χ3v) is 4.87. The van der Waals surface area contributed by atoms with Crippen LogP contribution in [0.25, 0.3) is 0 Å². The van der Waals surface area contributed by atoms with E-state index in [0.717, 1.165) is 43.1 Å². The summed E-state index contributed by atoms with van der Waals surface area (Å²) in [5.74, 6) is 2.80. The molecule has 0 saturated carbocycles. The summed E-state index contributed by atoms with van der Waals surface area (Å²) in [6, 6.07) is 9.69. The van der Waals surface area contributed by atoms with Gasteiger partial charge in [-0.3, -0.25) is 4.79 Å². The Hall–Kier alpha value is -2.63. The lowest BCUT2D eigenvalue weighted by Gasteiger charge is -2.32. The lowest BCUT2D eigenvalue weighted by molar-refractivity contribution is 0.0948. The molecule has 0 radical (unpaired) electrons. The number of methoxy groups -OCH3 is 1. The van der Waals surface area contributed by atoms with Gasteiger partial charge in [-0.05, 0) is 49.8 Å². The van der Waals surface area contributed by atoms with Crippen molar-refractivity contribution in [3.63, 3.8) is 0 Å². The van der Waals surface area contributed by atoms with Gasteiger partial charge in [0.25, 0.3) is 5.91 Å². The Morgan fingerprint density at radius 1 is 1.33 bits per heavy atom. The Balaban J connectivity index is 1.62. The highest BCUT2D eigenvalue weighted by Gasteiger charge is 2.19. The molecule has 2 aromatic rings. The zero-order valence-corrected chi connectivity index (χ0v) is 16.4. The monoisotopic (exact) mass is 368 g/mol. The van der Waals surface area contributed by atoms with Crippen molar-refractivity contribution in [2.24, 2.45) is 5.92 Å². The van der Waals surface area contributed by atoms with Crippen LogP contribution in [0.5, 0.6) is 5.75 Å². The van der Waals surface area contributed by atoms with Gasteiger partial charge in [-0.15, -0.1) is 0 Å². The van der Waals surface area contributed by atoms with Crippen LogP contribution in [0.1, 0.15) is 41.6 Å². The zero-order chi connectivity index (χ0) is 19.2. The summed E-state index contributed by atoms with van der Waals surface area (Å²) in [6.45, 7) is 6.60. The summed E-state index contributed by atoms with van der Waals surface area (Å²) in [4.78, 5) is 23.7. The first-order valence-corrected chi connectivity index (χ1v) is 9.57. The van der Waals surface area contributed by atoms with Crippen molar-refractivity contribution in [2.75, 3.05) is 31.6 Å². The quantitative estimate of drug-likeness (QED) is 0.849. The molecule has 6 heteroatoms. The maximum atomic E-state index is 12.6. The smallest absolute Gasteiger partial charge is 0.270 e.